The monoisotopic (exact) mass is 542 g/mol. The second-order valence-corrected chi connectivity index (χ2v) is 10.5. The molecule has 208 valence electrons. The highest BCUT2D eigenvalue weighted by Gasteiger charge is 2.50. The Labute approximate surface area is 223 Å². The Balaban J connectivity index is 1.69. The number of hydrogen-bond donors (Lipinski definition) is 5. The molecule has 0 saturated carbocycles. The number of aromatic hydroxyl groups is 2. The van der Waals surface area contributed by atoms with E-state index in [1.807, 2.05) is 0 Å². The minimum Gasteiger partial charge on any atom is -0.507 e. The van der Waals surface area contributed by atoms with Gasteiger partial charge in [-0.15, -0.1) is 0 Å². The largest absolute Gasteiger partial charge is 0.507 e. The maximum atomic E-state index is 13.7. The lowest BCUT2D eigenvalue weighted by molar-refractivity contribution is -0.255. The lowest BCUT2D eigenvalue weighted by Gasteiger charge is -2.42. The lowest BCUT2D eigenvalue weighted by atomic mass is 9.72. The van der Waals surface area contributed by atoms with E-state index >= 15 is 0 Å². The molecule has 2 aromatic carbocycles. The predicted molar refractivity (Wildman–Crippen MR) is 133 cm³/mol. The van der Waals surface area contributed by atoms with Crippen LogP contribution in [0.25, 0.3) is 0 Å². The number of aliphatic hydroxyl groups excluding tert-OH is 2. The zero-order valence-electron chi connectivity index (χ0n) is 21.6. The summed E-state index contributed by atoms with van der Waals surface area (Å²) in [6.45, 7) is 2.46. The third kappa shape index (κ3) is 4.12. The fourth-order valence-electron chi connectivity index (χ4n) is 5.95. The van der Waals surface area contributed by atoms with Crippen molar-refractivity contribution in [3.63, 3.8) is 0 Å². The van der Waals surface area contributed by atoms with E-state index in [0.29, 0.717) is 0 Å². The number of phenols is 2. The minimum absolute atomic E-state index is 0.0380. The van der Waals surface area contributed by atoms with Crippen LogP contribution in [0.1, 0.15) is 75.8 Å². The molecule has 0 spiro atoms. The molecule has 1 heterocycles. The Hall–Kier alpha value is -3.35. The number of aliphatic hydroxyl groups is 3. The molecule has 6 atom stereocenters. The Bertz CT molecular complexity index is 1370. The van der Waals surface area contributed by atoms with Crippen LogP contribution in [0.4, 0.5) is 0 Å². The quantitative estimate of drug-likeness (QED) is 0.293. The standard InChI is InChI=1S/C28H30O11/c1-11-7-18(38-12(2)23(11)31)39-16-9-28(36,17(30)10-29)8-14-20(16)27(35)22-21(25(14)33)24(32)13-5-4-6-15(37-3)19(13)26(22)34/h4-6,11-12,16,18,23,29,31,33,35-36H,7-10H2,1-3H3/t11?,12?,16-,18?,23?,28-/m0/s1. The van der Waals surface area contributed by atoms with Crippen molar-refractivity contribution in [1.29, 1.82) is 0 Å². The molecule has 2 aromatic rings. The van der Waals surface area contributed by atoms with Crippen LogP contribution < -0.4 is 4.74 Å². The Morgan fingerprint density at radius 1 is 1.10 bits per heavy atom. The van der Waals surface area contributed by atoms with Crippen molar-refractivity contribution in [2.75, 3.05) is 13.7 Å². The summed E-state index contributed by atoms with van der Waals surface area (Å²) < 4.78 is 17.2. The number of carbonyl (C=O) groups excluding carboxylic acids is 3. The molecule has 0 radical (unpaired) electrons. The SMILES string of the molecule is COc1cccc2c1C(=O)c1c(O)c3c(c(O)c1C2=O)C[C@@](O)(C(=O)CO)C[C@@H]3OC1CC(C)C(O)C(C)O1. The average Bonchev–Trinajstić information content (AvgIpc) is 2.90. The van der Waals surface area contributed by atoms with Crippen molar-refractivity contribution in [2.45, 2.75) is 63.3 Å². The van der Waals surface area contributed by atoms with Gasteiger partial charge in [0.2, 0.25) is 5.78 Å². The smallest absolute Gasteiger partial charge is 0.202 e. The summed E-state index contributed by atoms with van der Waals surface area (Å²) in [5.74, 6) is -3.87. The Kier molecular flexibility index (Phi) is 6.76. The van der Waals surface area contributed by atoms with Crippen molar-refractivity contribution < 1.29 is 54.1 Å². The lowest BCUT2D eigenvalue weighted by Crippen LogP contribution is -2.49. The van der Waals surface area contributed by atoms with Gasteiger partial charge in [0.15, 0.2) is 17.9 Å². The molecule has 0 amide bonds. The van der Waals surface area contributed by atoms with E-state index < -0.39 is 89.6 Å². The number of carbonyl (C=O) groups is 3. The van der Waals surface area contributed by atoms with E-state index in [2.05, 4.69) is 0 Å². The van der Waals surface area contributed by atoms with Gasteiger partial charge in [-0.1, -0.05) is 19.1 Å². The van der Waals surface area contributed by atoms with Crippen molar-refractivity contribution in [1.82, 2.24) is 0 Å². The van der Waals surface area contributed by atoms with Crippen LogP contribution in [0.3, 0.4) is 0 Å². The van der Waals surface area contributed by atoms with Gasteiger partial charge in [-0.05, 0) is 18.9 Å². The van der Waals surface area contributed by atoms with Gasteiger partial charge in [0.05, 0.1) is 42.1 Å². The summed E-state index contributed by atoms with van der Waals surface area (Å²) in [5.41, 5.74) is -3.45. The average molecular weight is 543 g/mol. The van der Waals surface area contributed by atoms with Gasteiger partial charge in [0.1, 0.15) is 29.5 Å². The number of methoxy groups -OCH3 is 1. The molecule has 3 aliphatic rings. The van der Waals surface area contributed by atoms with Crippen molar-refractivity contribution in [3.8, 4) is 17.2 Å². The molecule has 1 aliphatic heterocycles. The molecule has 1 saturated heterocycles. The van der Waals surface area contributed by atoms with Crippen LogP contribution in [0.2, 0.25) is 0 Å². The third-order valence-electron chi connectivity index (χ3n) is 8.05. The van der Waals surface area contributed by atoms with Crippen molar-refractivity contribution >= 4 is 17.3 Å². The second kappa shape index (κ2) is 9.68. The Morgan fingerprint density at radius 2 is 1.79 bits per heavy atom. The number of rotatable bonds is 5. The predicted octanol–water partition coefficient (Wildman–Crippen LogP) is 1.31. The van der Waals surface area contributed by atoms with Crippen LogP contribution in [-0.2, 0) is 20.7 Å². The molecule has 39 heavy (non-hydrogen) atoms. The Morgan fingerprint density at radius 3 is 2.44 bits per heavy atom. The molecule has 0 aromatic heterocycles. The van der Waals surface area contributed by atoms with E-state index in [1.165, 1.54) is 25.3 Å². The van der Waals surface area contributed by atoms with E-state index in [9.17, 15) is 39.9 Å². The van der Waals surface area contributed by atoms with Crippen LogP contribution in [0.5, 0.6) is 17.2 Å². The summed E-state index contributed by atoms with van der Waals surface area (Å²) in [6.07, 6.45) is -4.31. The van der Waals surface area contributed by atoms with Gasteiger partial charge in [-0.3, -0.25) is 14.4 Å². The molecular formula is C28H30O11. The van der Waals surface area contributed by atoms with Crippen molar-refractivity contribution in [2.24, 2.45) is 5.92 Å². The molecule has 11 nitrogen and oxygen atoms in total. The molecule has 2 aliphatic carbocycles. The molecule has 11 heteroatoms. The van der Waals surface area contributed by atoms with E-state index in [0.717, 1.165) is 0 Å². The molecule has 5 N–H and O–H groups in total. The maximum absolute atomic E-state index is 13.7. The maximum Gasteiger partial charge on any atom is 0.202 e. The first-order valence-corrected chi connectivity index (χ1v) is 12.7. The van der Waals surface area contributed by atoms with Gasteiger partial charge in [0.25, 0.3) is 0 Å². The van der Waals surface area contributed by atoms with Crippen LogP contribution in [0, 0.1) is 5.92 Å². The summed E-state index contributed by atoms with van der Waals surface area (Å²) in [6, 6.07) is 4.40. The topological polar surface area (TPSA) is 180 Å². The number of fused-ring (bicyclic) bond motifs is 3. The summed E-state index contributed by atoms with van der Waals surface area (Å²) in [5, 5.41) is 53.9. The number of ether oxygens (including phenoxy) is 3. The zero-order valence-corrected chi connectivity index (χ0v) is 21.6. The molecule has 5 rings (SSSR count). The number of Topliss-reactive ketones (excluding diaryl/α,β-unsaturated/α-hetero) is 1. The van der Waals surface area contributed by atoms with Crippen LogP contribution in [0.15, 0.2) is 18.2 Å². The number of phenolic OH excluding ortho intramolecular Hbond substituents is 2. The summed E-state index contributed by atoms with van der Waals surface area (Å²) in [4.78, 5) is 39.8. The molecular weight excluding hydrogens is 512 g/mol. The minimum atomic E-state index is -2.21. The molecule has 1 fully saturated rings. The first-order valence-electron chi connectivity index (χ1n) is 12.7. The van der Waals surface area contributed by atoms with Crippen molar-refractivity contribution in [3.05, 3.63) is 51.6 Å². The first kappa shape index (κ1) is 27.2. The second-order valence-electron chi connectivity index (χ2n) is 10.5. The fraction of sp³-hybridized carbons (Fsp3) is 0.464. The number of ketones is 3. The fourth-order valence-corrected chi connectivity index (χ4v) is 5.95. The van der Waals surface area contributed by atoms with Crippen LogP contribution >= 0.6 is 0 Å². The van der Waals surface area contributed by atoms with Gasteiger partial charge < -0.3 is 39.7 Å². The van der Waals surface area contributed by atoms with Crippen LogP contribution in [-0.4, -0.2) is 80.7 Å². The van der Waals surface area contributed by atoms with Gasteiger partial charge >= 0.3 is 0 Å². The van der Waals surface area contributed by atoms with Gasteiger partial charge in [-0.25, -0.2) is 0 Å². The van der Waals surface area contributed by atoms with E-state index in [1.54, 1.807) is 13.8 Å². The van der Waals surface area contributed by atoms with E-state index in [4.69, 9.17) is 14.2 Å². The number of hydrogen-bond acceptors (Lipinski definition) is 11. The third-order valence-corrected chi connectivity index (χ3v) is 8.05. The zero-order chi connectivity index (χ0) is 28.4. The first-order chi connectivity index (χ1) is 18.4. The summed E-state index contributed by atoms with van der Waals surface area (Å²) in [7, 11) is 1.33. The summed E-state index contributed by atoms with van der Waals surface area (Å²) >= 11 is 0. The molecule has 4 unspecified atom stereocenters. The highest BCUT2D eigenvalue weighted by molar-refractivity contribution is 6.31. The van der Waals surface area contributed by atoms with Gasteiger partial charge in [-0.2, -0.15) is 0 Å². The van der Waals surface area contributed by atoms with Gasteiger partial charge in [0, 0.05) is 36.0 Å². The molecule has 0 bridgehead atoms. The van der Waals surface area contributed by atoms with E-state index in [-0.39, 0.29) is 40.3 Å². The highest BCUT2D eigenvalue weighted by atomic mass is 16.7. The number of benzene rings is 2. The normalized spacial score (nSPS) is 29.8. The highest BCUT2D eigenvalue weighted by Crippen LogP contribution is 2.52.